The summed E-state index contributed by atoms with van der Waals surface area (Å²) < 4.78 is 12.1. The number of rotatable bonds is 14. The van der Waals surface area contributed by atoms with Crippen LogP contribution in [0.2, 0.25) is 0 Å². The summed E-state index contributed by atoms with van der Waals surface area (Å²) in [5.74, 6) is 1.05. The first-order valence-electron chi connectivity index (χ1n) is 12.9. The van der Waals surface area contributed by atoms with E-state index in [1.807, 2.05) is 0 Å². The molecule has 0 bridgehead atoms. The summed E-state index contributed by atoms with van der Waals surface area (Å²) >= 11 is 3.49. The zero-order valence-electron chi connectivity index (χ0n) is 21.5. The van der Waals surface area contributed by atoms with Crippen molar-refractivity contribution in [2.75, 3.05) is 23.8 Å². The molecule has 2 N–H and O–H groups in total. The monoisotopic (exact) mass is 566 g/mol. The molecule has 3 aromatic rings. The van der Waals surface area contributed by atoms with E-state index in [4.69, 9.17) is 9.47 Å². The normalized spacial score (nSPS) is 10.6. The van der Waals surface area contributed by atoms with E-state index in [-0.39, 0.29) is 11.8 Å². The van der Waals surface area contributed by atoms with Crippen LogP contribution in [0.1, 0.15) is 73.1 Å². The fraction of sp³-hybridized carbons (Fsp3) is 0.333. The summed E-state index contributed by atoms with van der Waals surface area (Å²) in [5, 5.41) is 5.78. The first-order chi connectivity index (χ1) is 18.0. The maximum atomic E-state index is 12.7. The van der Waals surface area contributed by atoms with Crippen molar-refractivity contribution in [2.45, 2.75) is 52.4 Å². The van der Waals surface area contributed by atoms with Crippen molar-refractivity contribution in [2.24, 2.45) is 0 Å². The van der Waals surface area contributed by atoms with Crippen molar-refractivity contribution in [3.63, 3.8) is 0 Å². The van der Waals surface area contributed by atoms with Crippen molar-refractivity contribution in [3.05, 3.63) is 82.3 Å². The van der Waals surface area contributed by atoms with Crippen LogP contribution in [0.15, 0.2) is 71.2 Å². The summed E-state index contributed by atoms with van der Waals surface area (Å²) in [5.41, 5.74) is 2.28. The molecule has 0 heterocycles. The van der Waals surface area contributed by atoms with Gasteiger partial charge in [0.1, 0.15) is 11.5 Å². The molecule has 0 aliphatic heterocycles. The molecule has 0 aliphatic rings. The number of unbranched alkanes of at least 4 members (excludes halogenated alkanes) is 4. The average molecular weight is 568 g/mol. The average Bonchev–Trinajstić information content (AvgIpc) is 2.91. The third-order valence-electron chi connectivity index (χ3n) is 5.74. The van der Waals surface area contributed by atoms with Crippen molar-refractivity contribution in [1.82, 2.24) is 0 Å². The van der Waals surface area contributed by atoms with Crippen LogP contribution in [-0.4, -0.2) is 25.0 Å². The Morgan fingerprint density at radius 2 is 1.16 bits per heavy atom. The fourth-order valence-electron chi connectivity index (χ4n) is 3.58. The number of carbonyl (C=O) groups excluding carboxylic acids is 2. The smallest absolute Gasteiger partial charge is 0.255 e. The van der Waals surface area contributed by atoms with Gasteiger partial charge in [-0.2, -0.15) is 0 Å². The molecule has 2 amide bonds. The number of hydrogen-bond acceptors (Lipinski definition) is 4. The van der Waals surface area contributed by atoms with Gasteiger partial charge in [0.2, 0.25) is 0 Å². The van der Waals surface area contributed by atoms with Crippen molar-refractivity contribution in [3.8, 4) is 11.5 Å². The van der Waals surface area contributed by atoms with Crippen LogP contribution in [0.25, 0.3) is 0 Å². The number of ether oxygens (including phenoxy) is 2. The lowest BCUT2D eigenvalue weighted by Gasteiger charge is -2.11. The van der Waals surface area contributed by atoms with Crippen LogP contribution >= 0.6 is 15.9 Å². The lowest BCUT2D eigenvalue weighted by Crippen LogP contribution is -2.14. The lowest BCUT2D eigenvalue weighted by molar-refractivity contribution is 0.101. The zero-order valence-corrected chi connectivity index (χ0v) is 23.1. The van der Waals surface area contributed by atoms with Gasteiger partial charge < -0.3 is 20.1 Å². The van der Waals surface area contributed by atoms with Gasteiger partial charge in [0, 0.05) is 21.3 Å². The summed E-state index contributed by atoms with van der Waals surface area (Å²) in [6, 6.07) is 19.5. The molecule has 0 radical (unpaired) electrons. The van der Waals surface area contributed by atoms with Crippen molar-refractivity contribution in [1.29, 1.82) is 0 Å². The number of benzene rings is 3. The maximum Gasteiger partial charge on any atom is 0.255 e. The minimum atomic E-state index is -0.230. The highest BCUT2D eigenvalue weighted by Crippen LogP contribution is 2.27. The van der Waals surface area contributed by atoms with E-state index >= 15 is 0 Å². The third kappa shape index (κ3) is 9.25. The maximum absolute atomic E-state index is 12.7. The Morgan fingerprint density at radius 1 is 0.676 bits per heavy atom. The highest BCUT2D eigenvalue weighted by Gasteiger charge is 2.11. The Labute approximate surface area is 227 Å². The molecule has 0 aromatic heterocycles. The summed E-state index contributed by atoms with van der Waals surface area (Å²) in [6.45, 7) is 5.66. The number of amides is 2. The highest BCUT2D eigenvalue weighted by atomic mass is 79.9. The lowest BCUT2D eigenvalue weighted by atomic mass is 10.2. The van der Waals surface area contributed by atoms with E-state index < -0.39 is 0 Å². The highest BCUT2D eigenvalue weighted by molar-refractivity contribution is 9.10. The molecule has 0 saturated carbocycles. The van der Waals surface area contributed by atoms with E-state index in [1.54, 1.807) is 66.7 Å². The van der Waals surface area contributed by atoms with Gasteiger partial charge in [0.15, 0.2) is 0 Å². The molecular weight excluding hydrogens is 532 g/mol. The van der Waals surface area contributed by atoms with Crippen molar-refractivity contribution < 1.29 is 19.1 Å². The van der Waals surface area contributed by atoms with Crippen LogP contribution in [0, 0.1) is 0 Å². The van der Waals surface area contributed by atoms with E-state index in [9.17, 15) is 9.59 Å². The summed E-state index contributed by atoms with van der Waals surface area (Å²) in [4.78, 5) is 25.4. The van der Waals surface area contributed by atoms with Gasteiger partial charge in [-0.3, -0.25) is 9.59 Å². The minimum absolute atomic E-state index is 0.224. The molecule has 0 atom stereocenters. The van der Waals surface area contributed by atoms with Gasteiger partial charge >= 0.3 is 0 Å². The van der Waals surface area contributed by atoms with Gasteiger partial charge in [-0.15, -0.1) is 0 Å². The Bertz CT molecular complexity index is 1150. The number of nitrogens with one attached hydrogen (secondary N) is 2. The topological polar surface area (TPSA) is 76.7 Å². The Morgan fingerprint density at radius 3 is 1.62 bits per heavy atom. The molecule has 0 unspecified atom stereocenters. The first kappa shape index (κ1) is 28.3. The number of hydrogen-bond donors (Lipinski definition) is 2. The van der Waals surface area contributed by atoms with Crippen LogP contribution in [-0.2, 0) is 0 Å². The molecule has 6 nitrogen and oxygen atoms in total. The van der Waals surface area contributed by atoms with E-state index in [1.165, 1.54) is 0 Å². The molecule has 3 aromatic carbocycles. The molecule has 0 aliphatic carbocycles. The Balaban J connectivity index is 1.52. The molecule has 3 rings (SSSR count). The zero-order chi connectivity index (χ0) is 26.5. The van der Waals surface area contributed by atoms with E-state index in [0.29, 0.717) is 40.2 Å². The standard InChI is InChI=1S/C30H35BrN2O4/c1-3-5-7-19-36-25-14-9-22(10-15-25)29(34)32-24-13-18-28(27(31)21-24)33-30(35)23-11-16-26(17-12-23)37-20-8-6-4-2/h9-18,21H,3-8,19-20H2,1-2H3,(H,32,34)(H,33,35). The van der Waals surface area contributed by atoms with Gasteiger partial charge in [-0.25, -0.2) is 0 Å². The van der Waals surface area contributed by atoms with Gasteiger partial charge in [-0.1, -0.05) is 39.5 Å². The molecule has 0 fully saturated rings. The Hall–Kier alpha value is -3.32. The molecule has 0 saturated heterocycles. The SMILES string of the molecule is CCCCCOc1ccc(C(=O)Nc2ccc(NC(=O)c3ccc(OCCCCC)cc3)c(Br)c2)cc1. The molecule has 37 heavy (non-hydrogen) atoms. The fourth-order valence-corrected chi connectivity index (χ4v) is 4.06. The third-order valence-corrected chi connectivity index (χ3v) is 6.40. The van der Waals surface area contributed by atoms with Crippen LogP contribution < -0.4 is 20.1 Å². The van der Waals surface area contributed by atoms with Crippen molar-refractivity contribution >= 4 is 39.1 Å². The van der Waals surface area contributed by atoms with Crippen LogP contribution in [0.3, 0.4) is 0 Å². The molecular formula is C30H35BrN2O4. The van der Waals surface area contributed by atoms with E-state index in [2.05, 4.69) is 40.4 Å². The number of carbonyl (C=O) groups is 2. The van der Waals surface area contributed by atoms with Gasteiger partial charge in [-0.05, 0) is 95.5 Å². The largest absolute Gasteiger partial charge is 0.494 e. The summed E-state index contributed by atoms with van der Waals surface area (Å²) in [7, 11) is 0. The second kappa shape index (κ2) is 15.1. The second-order valence-electron chi connectivity index (χ2n) is 8.76. The Kier molecular flexibility index (Phi) is 11.5. The molecule has 196 valence electrons. The minimum Gasteiger partial charge on any atom is -0.494 e. The van der Waals surface area contributed by atoms with Crippen LogP contribution in [0.4, 0.5) is 11.4 Å². The first-order valence-corrected chi connectivity index (χ1v) is 13.7. The number of halogens is 1. The summed E-state index contributed by atoms with van der Waals surface area (Å²) in [6.07, 6.45) is 6.61. The number of anilines is 2. The molecule has 7 heteroatoms. The second-order valence-corrected chi connectivity index (χ2v) is 9.62. The van der Waals surface area contributed by atoms with Crippen LogP contribution in [0.5, 0.6) is 11.5 Å². The van der Waals surface area contributed by atoms with Gasteiger partial charge in [0.05, 0.1) is 18.9 Å². The predicted octanol–water partition coefficient (Wildman–Crippen LogP) is 8.09. The van der Waals surface area contributed by atoms with E-state index in [0.717, 1.165) is 50.0 Å². The molecule has 0 spiro atoms. The van der Waals surface area contributed by atoms with Gasteiger partial charge in [0.25, 0.3) is 11.8 Å². The quantitative estimate of drug-likeness (QED) is 0.193. The predicted molar refractivity (Wildman–Crippen MR) is 153 cm³/mol.